The van der Waals surface area contributed by atoms with E-state index in [1.165, 1.54) is 0 Å². The van der Waals surface area contributed by atoms with Crippen LogP contribution in [-0.4, -0.2) is 49.2 Å². The van der Waals surface area contributed by atoms with Crippen molar-refractivity contribution < 1.29 is 14.3 Å². The number of hydrogen-bond donors (Lipinski definition) is 1. The summed E-state index contributed by atoms with van der Waals surface area (Å²) in [5.41, 5.74) is 0.527. The first-order valence-corrected chi connectivity index (χ1v) is 8.98. The Morgan fingerprint density at radius 2 is 1.65 bits per heavy atom. The molecule has 138 valence electrons. The topological polar surface area (TPSA) is 50.8 Å². The Kier molecular flexibility index (Phi) is 5.91. The number of hydrogen-bond acceptors (Lipinski definition) is 4. The number of nitrogens with zero attached hydrogens (tertiary/aromatic N) is 1. The van der Waals surface area contributed by atoms with Gasteiger partial charge < -0.3 is 14.8 Å². The van der Waals surface area contributed by atoms with Crippen LogP contribution >= 0.6 is 0 Å². The summed E-state index contributed by atoms with van der Waals surface area (Å²) in [7, 11) is 0. The zero-order valence-electron chi connectivity index (χ0n) is 15.4. The summed E-state index contributed by atoms with van der Waals surface area (Å²) in [6.45, 7) is 8.18. The van der Waals surface area contributed by atoms with Crippen LogP contribution in [0.4, 0.5) is 0 Å². The predicted octanol–water partition coefficient (Wildman–Crippen LogP) is 3.32. The van der Waals surface area contributed by atoms with Gasteiger partial charge in [-0.1, -0.05) is 18.2 Å². The van der Waals surface area contributed by atoms with E-state index < -0.39 is 0 Å². The molecule has 26 heavy (non-hydrogen) atoms. The molecule has 0 radical (unpaired) electrons. The maximum absolute atomic E-state index is 12.4. The van der Waals surface area contributed by atoms with E-state index in [-0.39, 0.29) is 11.4 Å². The van der Waals surface area contributed by atoms with Gasteiger partial charge in [-0.2, -0.15) is 0 Å². The lowest BCUT2D eigenvalue weighted by molar-refractivity contribution is -0.00923. The predicted molar refractivity (Wildman–Crippen MR) is 102 cm³/mol. The lowest BCUT2D eigenvalue weighted by atomic mass is 10.0. The Morgan fingerprint density at radius 1 is 1.04 bits per heavy atom. The summed E-state index contributed by atoms with van der Waals surface area (Å²) >= 11 is 0. The fraction of sp³-hybridized carbons (Fsp3) is 0.381. The molecule has 1 N–H and O–H groups in total. The van der Waals surface area contributed by atoms with Crippen LogP contribution in [0.25, 0.3) is 0 Å². The third kappa shape index (κ3) is 4.84. The smallest absolute Gasteiger partial charge is 0.251 e. The Morgan fingerprint density at radius 3 is 2.31 bits per heavy atom. The number of amides is 1. The average molecular weight is 354 g/mol. The normalized spacial score (nSPS) is 15.5. The quantitative estimate of drug-likeness (QED) is 0.865. The van der Waals surface area contributed by atoms with Crippen molar-refractivity contribution in [3.8, 4) is 11.5 Å². The Balaban J connectivity index is 1.54. The second-order valence-electron chi connectivity index (χ2n) is 7.03. The molecule has 1 heterocycles. The summed E-state index contributed by atoms with van der Waals surface area (Å²) in [5.74, 6) is 1.41. The standard InChI is InChI=1S/C21H26N2O3/c1-21(2,23-12-14-25-15-13-23)16-22-20(24)17-8-10-19(11-9-17)26-18-6-4-3-5-7-18/h3-11H,12-16H2,1-2H3,(H,22,24). The second kappa shape index (κ2) is 8.34. The minimum atomic E-state index is -0.101. The van der Waals surface area contributed by atoms with Crippen LogP contribution in [-0.2, 0) is 4.74 Å². The third-order valence-corrected chi connectivity index (χ3v) is 4.64. The first-order chi connectivity index (χ1) is 12.5. The molecule has 0 aliphatic carbocycles. The molecule has 0 aromatic heterocycles. The molecule has 0 unspecified atom stereocenters. The molecule has 5 heteroatoms. The third-order valence-electron chi connectivity index (χ3n) is 4.64. The van der Waals surface area contributed by atoms with Crippen molar-refractivity contribution in [2.75, 3.05) is 32.8 Å². The average Bonchev–Trinajstić information content (AvgIpc) is 2.68. The molecule has 1 amide bonds. The maximum Gasteiger partial charge on any atom is 0.251 e. The monoisotopic (exact) mass is 354 g/mol. The largest absolute Gasteiger partial charge is 0.457 e. The van der Waals surface area contributed by atoms with Gasteiger partial charge in [-0.25, -0.2) is 0 Å². The van der Waals surface area contributed by atoms with Crippen LogP contribution in [0.5, 0.6) is 11.5 Å². The molecule has 1 saturated heterocycles. The zero-order valence-corrected chi connectivity index (χ0v) is 15.4. The Bertz CT molecular complexity index is 708. The molecule has 3 rings (SSSR count). The van der Waals surface area contributed by atoms with Gasteiger partial charge in [0.25, 0.3) is 5.91 Å². The minimum Gasteiger partial charge on any atom is -0.457 e. The van der Waals surface area contributed by atoms with Gasteiger partial charge in [-0.3, -0.25) is 9.69 Å². The SMILES string of the molecule is CC(C)(CNC(=O)c1ccc(Oc2ccccc2)cc1)N1CCOCC1. The highest BCUT2D eigenvalue weighted by molar-refractivity contribution is 5.94. The molecular weight excluding hydrogens is 328 g/mol. The Hall–Kier alpha value is -2.37. The van der Waals surface area contributed by atoms with E-state index in [2.05, 4.69) is 24.1 Å². The molecule has 0 saturated carbocycles. The van der Waals surface area contributed by atoms with Crippen molar-refractivity contribution >= 4 is 5.91 Å². The van der Waals surface area contributed by atoms with Crippen LogP contribution in [0.15, 0.2) is 54.6 Å². The van der Waals surface area contributed by atoms with E-state index in [4.69, 9.17) is 9.47 Å². The number of carbonyl (C=O) groups is 1. The van der Waals surface area contributed by atoms with E-state index in [1.807, 2.05) is 42.5 Å². The van der Waals surface area contributed by atoms with E-state index >= 15 is 0 Å². The fourth-order valence-corrected chi connectivity index (χ4v) is 2.98. The van der Waals surface area contributed by atoms with Gasteiger partial charge in [0.05, 0.1) is 13.2 Å². The van der Waals surface area contributed by atoms with Gasteiger partial charge in [0.15, 0.2) is 0 Å². The number of para-hydroxylation sites is 1. The van der Waals surface area contributed by atoms with E-state index in [0.717, 1.165) is 32.1 Å². The van der Waals surface area contributed by atoms with Crippen molar-refractivity contribution in [1.29, 1.82) is 0 Å². The highest BCUT2D eigenvalue weighted by atomic mass is 16.5. The van der Waals surface area contributed by atoms with Crippen molar-refractivity contribution in [3.05, 3.63) is 60.2 Å². The summed E-state index contributed by atoms with van der Waals surface area (Å²) in [6, 6.07) is 16.8. The zero-order chi connectivity index (χ0) is 18.4. The highest BCUT2D eigenvalue weighted by Crippen LogP contribution is 2.21. The van der Waals surface area contributed by atoms with Crippen LogP contribution in [0.3, 0.4) is 0 Å². The summed E-state index contributed by atoms with van der Waals surface area (Å²) < 4.78 is 11.2. The minimum absolute atomic E-state index is 0.0717. The molecule has 5 nitrogen and oxygen atoms in total. The van der Waals surface area contributed by atoms with Crippen LogP contribution in [0.2, 0.25) is 0 Å². The van der Waals surface area contributed by atoms with Gasteiger partial charge in [0, 0.05) is 30.7 Å². The maximum atomic E-state index is 12.4. The van der Waals surface area contributed by atoms with Crippen LogP contribution in [0.1, 0.15) is 24.2 Å². The van der Waals surface area contributed by atoms with E-state index in [0.29, 0.717) is 17.9 Å². The van der Waals surface area contributed by atoms with Gasteiger partial charge >= 0.3 is 0 Å². The molecular formula is C21H26N2O3. The molecule has 0 bridgehead atoms. The molecule has 1 aliphatic rings. The van der Waals surface area contributed by atoms with Gasteiger partial charge in [0.1, 0.15) is 11.5 Å². The highest BCUT2D eigenvalue weighted by Gasteiger charge is 2.28. The number of carbonyl (C=O) groups excluding carboxylic acids is 1. The van der Waals surface area contributed by atoms with Crippen molar-refractivity contribution in [1.82, 2.24) is 10.2 Å². The van der Waals surface area contributed by atoms with Gasteiger partial charge in [-0.15, -0.1) is 0 Å². The van der Waals surface area contributed by atoms with Gasteiger partial charge in [-0.05, 0) is 50.2 Å². The Labute approximate surface area is 154 Å². The number of morpholine rings is 1. The summed E-state index contributed by atoms with van der Waals surface area (Å²) in [6.07, 6.45) is 0. The molecule has 0 atom stereocenters. The fourth-order valence-electron chi connectivity index (χ4n) is 2.98. The molecule has 1 aliphatic heterocycles. The molecule has 0 spiro atoms. The van der Waals surface area contributed by atoms with Crippen molar-refractivity contribution in [3.63, 3.8) is 0 Å². The summed E-state index contributed by atoms with van der Waals surface area (Å²) in [4.78, 5) is 14.8. The molecule has 2 aromatic carbocycles. The van der Waals surface area contributed by atoms with Crippen molar-refractivity contribution in [2.45, 2.75) is 19.4 Å². The van der Waals surface area contributed by atoms with E-state index in [9.17, 15) is 4.79 Å². The second-order valence-corrected chi connectivity index (χ2v) is 7.03. The number of rotatable bonds is 6. The molecule has 1 fully saturated rings. The van der Waals surface area contributed by atoms with Crippen LogP contribution in [0, 0.1) is 0 Å². The molecule has 2 aromatic rings. The summed E-state index contributed by atoms with van der Waals surface area (Å²) in [5, 5.41) is 3.04. The van der Waals surface area contributed by atoms with E-state index in [1.54, 1.807) is 12.1 Å². The number of nitrogens with one attached hydrogen (secondary N) is 1. The first-order valence-electron chi connectivity index (χ1n) is 8.98. The first kappa shape index (κ1) is 18.4. The lowest BCUT2D eigenvalue weighted by Gasteiger charge is -2.40. The number of ether oxygens (including phenoxy) is 2. The van der Waals surface area contributed by atoms with Gasteiger partial charge in [0.2, 0.25) is 0 Å². The van der Waals surface area contributed by atoms with Crippen LogP contribution < -0.4 is 10.1 Å². The van der Waals surface area contributed by atoms with Crippen molar-refractivity contribution in [2.24, 2.45) is 0 Å². The number of benzene rings is 2. The lowest BCUT2D eigenvalue weighted by Crippen LogP contribution is -2.55.